The fourth-order valence-corrected chi connectivity index (χ4v) is 4.54. The van der Waals surface area contributed by atoms with E-state index in [1.165, 1.54) is 4.90 Å². The first-order valence-corrected chi connectivity index (χ1v) is 11.3. The zero-order valence-corrected chi connectivity index (χ0v) is 19.3. The molecule has 7 heteroatoms. The lowest BCUT2D eigenvalue weighted by Gasteiger charge is -2.37. The highest BCUT2D eigenvalue weighted by molar-refractivity contribution is 5.89. The predicted octanol–water partition coefficient (Wildman–Crippen LogP) is 4.02. The van der Waals surface area contributed by atoms with Gasteiger partial charge in [0, 0.05) is 18.0 Å². The number of hydrogen-bond donors (Lipinski definition) is 2. The quantitative estimate of drug-likeness (QED) is 0.664. The number of carboxylic acids is 1. The SMILES string of the molecule is CC(C)(C)N(CC(=O)O)C(=O)C1(CNC(=O)OCC2c3ccccc3-c3ccccc32)CC1. The van der Waals surface area contributed by atoms with Crippen LogP contribution in [0.25, 0.3) is 11.1 Å². The largest absolute Gasteiger partial charge is 0.480 e. The van der Waals surface area contributed by atoms with E-state index in [0.29, 0.717) is 12.8 Å². The van der Waals surface area contributed by atoms with E-state index in [9.17, 15) is 19.5 Å². The van der Waals surface area contributed by atoms with Crippen molar-refractivity contribution in [3.05, 3.63) is 59.7 Å². The second-order valence-corrected chi connectivity index (χ2v) is 9.92. The Morgan fingerprint density at radius 3 is 2.06 bits per heavy atom. The maximum absolute atomic E-state index is 13.1. The van der Waals surface area contributed by atoms with Gasteiger partial charge in [0.25, 0.3) is 0 Å². The maximum Gasteiger partial charge on any atom is 0.407 e. The molecule has 174 valence electrons. The van der Waals surface area contributed by atoms with Crippen molar-refractivity contribution in [1.82, 2.24) is 10.2 Å². The minimum Gasteiger partial charge on any atom is -0.480 e. The van der Waals surface area contributed by atoms with Crippen LogP contribution in [-0.4, -0.2) is 53.2 Å². The molecule has 0 atom stereocenters. The van der Waals surface area contributed by atoms with Gasteiger partial charge in [-0.05, 0) is 55.9 Å². The molecule has 0 bridgehead atoms. The molecule has 0 unspecified atom stereocenters. The molecule has 4 rings (SSSR count). The van der Waals surface area contributed by atoms with Crippen LogP contribution < -0.4 is 5.32 Å². The number of alkyl carbamates (subject to hydrolysis) is 1. The number of amides is 2. The van der Waals surface area contributed by atoms with Crippen molar-refractivity contribution in [2.24, 2.45) is 5.41 Å². The van der Waals surface area contributed by atoms with Gasteiger partial charge in [-0.25, -0.2) is 4.79 Å². The maximum atomic E-state index is 13.1. The van der Waals surface area contributed by atoms with E-state index in [1.807, 2.05) is 45.0 Å². The molecule has 1 saturated carbocycles. The number of carbonyl (C=O) groups is 3. The molecular formula is C26H30N2O5. The van der Waals surface area contributed by atoms with Crippen LogP contribution in [0.15, 0.2) is 48.5 Å². The fraction of sp³-hybridized carbons (Fsp3) is 0.423. The third kappa shape index (κ3) is 4.58. The molecular weight excluding hydrogens is 420 g/mol. The van der Waals surface area contributed by atoms with Crippen molar-refractivity contribution in [3.8, 4) is 11.1 Å². The van der Waals surface area contributed by atoms with Gasteiger partial charge in [-0.1, -0.05) is 48.5 Å². The van der Waals surface area contributed by atoms with Gasteiger partial charge in [-0.15, -0.1) is 0 Å². The van der Waals surface area contributed by atoms with Crippen LogP contribution in [0, 0.1) is 5.41 Å². The average Bonchev–Trinajstić information content (AvgIpc) is 3.50. The Balaban J connectivity index is 1.37. The van der Waals surface area contributed by atoms with Crippen LogP contribution in [0.4, 0.5) is 4.79 Å². The topological polar surface area (TPSA) is 95.9 Å². The molecule has 7 nitrogen and oxygen atoms in total. The van der Waals surface area contributed by atoms with E-state index >= 15 is 0 Å². The Kier molecular flexibility index (Phi) is 5.91. The summed E-state index contributed by atoms with van der Waals surface area (Å²) < 4.78 is 5.57. The zero-order chi connectivity index (χ0) is 23.8. The molecule has 2 aliphatic rings. The molecule has 0 saturated heterocycles. The smallest absolute Gasteiger partial charge is 0.407 e. The average molecular weight is 451 g/mol. The second kappa shape index (κ2) is 8.54. The molecule has 2 aromatic rings. The van der Waals surface area contributed by atoms with Gasteiger partial charge in [0.1, 0.15) is 13.2 Å². The van der Waals surface area contributed by atoms with Crippen LogP contribution in [0.3, 0.4) is 0 Å². The van der Waals surface area contributed by atoms with Crippen LogP contribution in [-0.2, 0) is 14.3 Å². The van der Waals surface area contributed by atoms with E-state index in [0.717, 1.165) is 22.3 Å². The number of carboxylic acid groups (broad SMARTS) is 1. The first-order valence-electron chi connectivity index (χ1n) is 11.3. The summed E-state index contributed by atoms with van der Waals surface area (Å²) in [6.45, 7) is 5.40. The first kappa shape index (κ1) is 22.8. The first-order chi connectivity index (χ1) is 15.6. The van der Waals surface area contributed by atoms with Crippen molar-refractivity contribution in [3.63, 3.8) is 0 Å². The summed E-state index contributed by atoms with van der Waals surface area (Å²) in [4.78, 5) is 38.3. The predicted molar refractivity (Wildman–Crippen MR) is 124 cm³/mol. The molecule has 2 N–H and O–H groups in total. The van der Waals surface area contributed by atoms with Gasteiger partial charge in [0.2, 0.25) is 5.91 Å². The number of rotatable bonds is 7. The van der Waals surface area contributed by atoms with Gasteiger partial charge in [0.05, 0.1) is 5.41 Å². The summed E-state index contributed by atoms with van der Waals surface area (Å²) >= 11 is 0. The van der Waals surface area contributed by atoms with Crippen LogP contribution in [0.5, 0.6) is 0 Å². The number of benzene rings is 2. The summed E-state index contributed by atoms with van der Waals surface area (Å²) in [5, 5.41) is 12.0. The lowest BCUT2D eigenvalue weighted by Crippen LogP contribution is -2.53. The van der Waals surface area contributed by atoms with Gasteiger partial charge in [-0.3, -0.25) is 9.59 Å². The Morgan fingerprint density at radius 1 is 1.03 bits per heavy atom. The van der Waals surface area contributed by atoms with Crippen molar-refractivity contribution in [2.75, 3.05) is 19.7 Å². The van der Waals surface area contributed by atoms with Crippen LogP contribution >= 0.6 is 0 Å². The Morgan fingerprint density at radius 2 is 1.58 bits per heavy atom. The highest BCUT2D eigenvalue weighted by Gasteiger charge is 2.53. The zero-order valence-electron chi connectivity index (χ0n) is 19.3. The monoisotopic (exact) mass is 450 g/mol. The summed E-state index contributed by atoms with van der Waals surface area (Å²) in [6.07, 6.45) is 0.653. The van der Waals surface area contributed by atoms with Crippen molar-refractivity contribution in [2.45, 2.75) is 45.1 Å². The van der Waals surface area contributed by atoms with Crippen LogP contribution in [0.2, 0.25) is 0 Å². The third-order valence-corrected chi connectivity index (χ3v) is 6.57. The Bertz CT molecular complexity index is 1040. The number of carbonyl (C=O) groups excluding carboxylic acids is 2. The Labute approximate surface area is 193 Å². The number of nitrogens with zero attached hydrogens (tertiary/aromatic N) is 1. The molecule has 0 heterocycles. The number of fused-ring (bicyclic) bond motifs is 3. The third-order valence-electron chi connectivity index (χ3n) is 6.57. The van der Waals surface area contributed by atoms with Gasteiger partial charge >= 0.3 is 12.1 Å². The second-order valence-electron chi connectivity index (χ2n) is 9.92. The molecule has 1 fully saturated rings. The minimum atomic E-state index is -1.06. The van der Waals surface area contributed by atoms with E-state index in [2.05, 4.69) is 29.6 Å². The molecule has 0 aromatic heterocycles. The molecule has 2 aromatic carbocycles. The fourth-order valence-electron chi connectivity index (χ4n) is 4.54. The minimum absolute atomic E-state index is 0.0355. The number of hydrogen-bond acceptors (Lipinski definition) is 4. The highest BCUT2D eigenvalue weighted by atomic mass is 16.5. The van der Waals surface area contributed by atoms with Crippen molar-refractivity contribution in [1.29, 1.82) is 0 Å². The molecule has 0 spiro atoms. The lowest BCUT2D eigenvalue weighted by atomic mass is 9.98. The molecule has 2 amide bonds. The summed E-state index contributed by atoms with van der Waals surface area (Å²) in [6, 6.07) is 16.2. The molecule has 33 heavy (non-hydrogen) atoms. The van der Waals surface area contributed by atoms with E-state index in [1.54, 1.807) is 0 Å². The van der Waals surface area contributed by atoms with Crippen LogP contribution in [0.1, 0.15) is 50.7 Å². The van der Waals surface area contributed by atoms with Gasteiger partial charge in [0.15, 0.2) is 0 Å². The van der Waals surface area contributed by atoms with Gasteiger partial charge < -0.3 is 20.1 Å². The highest BCUT2D eigenvalue weighted by Crippen LogP contribution is 2.48. The van der Waals surface area contributed by atoms with Crippen molar-refractivity contribution >= 4 is 18.0 Å². The normalized spacial score (nSPS) is 15.8. The molecule has 0 radical (unpaired) electrons. The molecule has 0 aliphatic heterocycles. The van der Waals surface area contributed by atoms with E-state index in [4.69, 9.17) is 4.74 Å². The molecule has 2 aliphatic carbocycles. The lowest BCUT2D eigenvalue weighted by molar-refractivity contribution is -0.151. The van der Waals surface area contributed by atoms with E-state index in [-0.39, 0.29) is 31.5 Å². The van der Waals surface area contributed by atoms with E-state index < -0.39 is 23.0 Å². The van der Waals surface area contributed by atoms with Crippen molar-refractivity contribution < 1.29 is 24.2 Å². The number of ether oxygens (including phenoxy) is 1. The summed E-state index contributed by atoms with van der Waals surface area (Å²) in [5.41, 5.74) is 3.20. The standard InChI is InChI=1S/C26H30N2O5/c1-25(2,3)28(14-22(29)30)23(31)26(12-13-26)16-27-24(32)33-15-21-19-10-6-4-8-17(19)18-9-5-7-11-20(18)21/h4-11,21H,12-16H2,1-3H3,(H,27,32)(H,29,30). The van der Waals surface area contributed by atoms with Gasteiger partial charge in [-0.2, -0.15) is 0 Å². The number of nitrogens with one attached hydrogen (secondary N) is 1. The number of aliphatic carboxylic acids is 1. The summed E-state index contributed by atoms with van der Waals surface area (Å²) in [5.74, 6) is -1.33. The summed E-state index contributed by atoms with van der Waals surface area (Å²) in [7, 11) is 0. The Hall–Kier alpha value is -3.35.